The number of anilines is 2. The Morgan fingerprint density at radius 2 is 2.00 bits per heavy atom. The number of carbonyl (C=O) groups is 2. The zero-order chi connectivity index (χ0) is 19.1. The third-order valence-electron chi connectivity index (χ3n) is 3.49. The van der Waals surface area contributed by atoms with E-state index in [1.54, 1.807) is 11.3 Å². The molecular formula is C19H19N3O2S3. The van der Waals surface area contributed by atoms with Crippen molar-refractivity contribution in [3.63, 3.8) is 0 Å². The molecule has 27 heavy (non-hydrogen) atoms. The van der Waals surface area contributed by atoms with Gasteiger partial charge in [-0.1, -0.05) is 19.1 Å². The quantitative estimate of drug-likeness (QED) is 0.485. The summed E-state index contributed by atoms with van der Waals surface area (Å²) in [7, 11) is 0. The number of rotatable bonds is 8. The highest BCUT2D eigenvalue weighted by Gasteiger charge is 2.10. The van der Waals surface area contributed by atoms with E-state index in [4.69, 9.17) is 0 Å². The van der Waals surface area contributed by atoms with E-state index in [9.17, 15) is 9.59 Å². The number of thiazole rings is 1. The number of hydrogen-bond donors (Lipinski definition) is 2. The van der Waals surface area contributed by atoms with Crippen molar-refractivity contribution in [2.24, 2.45) is 0 Å². The molecule has 0 saturated heterocycles. The highest BCUT2D eigenvalue weighted by atomic mass is 32.2. The van der Waals surface area contributed by atoms with Crippen molar-refractivity contribution < 1.29 is 9.59 Å². The fourth-order valence-electron chi connectivity index (χ4n) is 2.29. The van der Waals surface area contributed by atoms with Crippen molar-refractivity contribution in [2.75, 3.05) is 16.4 Å². The van der Waals surface area contributed by atoms with Gasteiger partial charge in [0.25, 0.3) is 0 Å². The Hall–Kier alpha value is -2.16. The Bertz CT molecular complexity index is 907. The molecular weight excluding hydrogens is 398 g/mol. The molecule has 0 aliphatic heterocycles. The summed E-state index contributed by atoms with van der Waals surface area (Å²) in [5.41, 5.74) is 1.63. The topological polar surface area (TPSA) is 71.1 Å². The normalized spacial score (nSPS) is 10.6. The minimum absolute atomic E-state index is 0.00251. The van der Waals surface area contributed by atoms with Crippen LogP contribution in [0.4, 0.5) is 10.8 Å². The second-order valence-electron chi connectivity index (χ2n) is 5.68. The molecule has 0 aliphatic carbocycles. The van der Waals surface area contributed by atoms with E-state index < -0.39 is 0 Å². The maximum atomic E-state index is 12.2. The number of thioether (sulfide) groups is 1. The number of amides is 2. The summed E-state index contributed by atoms with van der Waals surface area (Å²) in [6.45, 7) is 1.97. The molecule has 2 N–H and O–H groups in total. The van der Waals surface area contributed by atoms with E-state index in [2.05, 4.69) is 15.6 Å². The van der Waals surface area contributed by atoms with Gasteiger partial charge in [0, 0.05) is 22.4 Å². The fraction of sp³-hybridized carbons (Fsp3) is 0.211. The van der Waals surface area contributed by atoms with Crippen LogP contribution in [-0.2, 0) is 9.59 Å². The largest absolute Gasteiger partial charge is 0.326 e. The van der Waals surface area contributed by atoms with E-state index in [0.717, 1.165) is 27.6 Å². The van der Waals surface area contributed by atoms with Crippen LogP contribution >= 0.6 is 34.4 Å². The van der Waals surface area contributed by atoms with Gasteiger partial charge in [-0.3, -0.25) is 9.59 Å². The van der Waals surface area contributed by atoms with Crippen LogP contribution < -0.4 is 10.6 Å². The van der Waals surface area contributed by atoms with Gasteiger partial charge in [0.05, 0.1) is 16.3 Å². The Labute approximate surface area is 170 Å². The molecule has 2 heterocycles. The maximum Gasteiger partial charge on any atom is 0.236 e. The average molecular weight is 418 g/mol. The summed E-state index contributed by atoms with van der Waals surface area (Å²) in [5.74, 6) is 0.176. The van der Waals surface area contributed by atoms with Gasteiger partial charge in [-0.05, 0) is 36.1 Å². The second-order valence-corrected chi connectivity index (χ2v) is 8.53. The van der Waals surface area contributed by atoms with Gasteiger partial charge in [-0.25, -0.2) is 4.98 Å². The lowest BCUT2D eigenvalue weighted by atomic mass is 10.3. The van der Waals surface area contributed by atoms with Crippen LogP contribution in [0.5, 0.6) is 0 Å². The first-order valence-corrected chi connectivity index (χ1v) is 11.2. The summed E-state index contributed by atoms with van der Waals surface area (Å²) in [5, 5.41) is 10.3. The molecule has 0 spiro atoms. The van der Waals surface area contributed by atoms with Crippen molar-refractivity contribution in [1.29, 1.82) is 0 Å². The van der Waals surface area contributed by atoms with E-state index in [0.29, 0.717) is 11.6 Å². The van der Waals surface area contributed by atoms with Gasteiger partial charge < -0.3 is 10.6 Å². The van der Waals surface area contributed by atoms with Crippen molar-refractivity contribution in [2.45, 2.75) is 24.7 Å². The molecule has 0 aliphatic rings. The number of carbonyl (C=O) groups excluding carboxylic acids is 2. The molecule has 2 aromatic heterocycles. The first kappa shape index (κ1) is 19.6. The lowest BCUT2D eigenvalue weighted by molar-refractivity contribution is -0.116. The van der Waals surface area contributed by atoms with Crippen LogP contribution in [0.1, 0.15) is 19.8 Å². The zero-order valence-corrected chi connectivity index (χ0v) is 17.2. The predicted molar refractivity (Wildman–Crippen MR) is 115 cm³/mol. The van der Waals surface area contributed by atoms with E-state index in [1.165, 1.54) is 23.1 Å². The van der Waals surface area contributed by atoms with Gasteiger partial charge in [-0.2, -0.15) is 0 Å². The summed E-state index contributed by atoms with van der Waals surface area (Å²) >= 11 is 4.46. The average Bonchev–Trinajstić information content (AvgIpc) is 3.32. The van der Waals surface area contributed by atoms with Gasteiger partial charge in [0.15, 0.2) is 5.13 Å². The summed E-state index contributed by atoms with van der Waals surface area (Å²) in [6.07, 6.45) is 1.31. The highest BCUT2D eigenvalue weighted by molar-refractivity contribution is 8.00. The van der Waals surface area contributed by atoms with Crippen LogP contribution in [0, 0.1) is 0 Å². The van der Waals surface area contributed by atoms with Gasteiger partial charge >= 0.3 is 0 Å². The minimum Gasteiger partial charge on any atom is -0.326 e. The number of nitrogens with zero attached hydrogens (tertiary/aromatic N) is 1. The predicted octanol–water partition coefficient (Wildman–Crippen LogP) is 5.34. The SMILES string of the molecule is CCCC(=O)Nc1cccc(SCC(=O)Nc2nc(-c3cccs3)cs2)c1. The number of hydrogen-bond acceptors (Lipinski definition) is 6. The Morgan fingerprint density at radius 1 is 1.11 bits per heavy atom. The summed E-state index contributed by atoms with van der Waals surface area (Å²) < 4.78 is 0. The monoisotopic (exact) mass is 417 g/mol. The van der Waals surface area contributed by atoms with Crippen LogP contribution in [0.2, 0.25) is 0 Å². The lowest BCUT2D eigenvalue weighted by Gasteiger charge is -2.07. The molecule has 0 saturated carbocycles. The van der Waals surface area contributed by atoms with Crippen LogP contribution in [0.3, 0.4) is 0 Å². The zero-order valence-electron chi connectivity index (χ0n) is 14.7. The number of nitrogens with one attached hydrogen (secondary N) is 2. The van der Waals surface area contributed by atoms with Crippen LogP contribution in [0.25, 0.3) is 10.6 Å². The molecule has 0 fully saturated rings. The Balaban J connectivity index is 1.51. The molecule has 0 radical (unpaired) electrons. The van der Waals surface area contributed by atoms with E-state index in [1.807, 2.05) is 54.1 Å². The standard InChI is InChI=1S/C19H19N3O2S3/c1-2-5-17(23)20-13-6-3-7-14(10-13)26-12-18(24)22-19-21-15(11-27-19)16-8-4-9-25-16/h3-4,6-11H,2,5,12H2,1H3,(H,20,23)(H,21,22,24). The van der Waals surface area contributed by atoms with E-state index in [-0.39, 0.29) is 17.6 Å². The molecule has 140 valence electrons. The molecule has 3 aromatic rings. The fourth-order valence-corrected chi connectivity index (χ4v) is 4.53. The Morgan fingerprint density at radius 3 is 2.78 bits per heavy atom. The van der Waals surface area contributed by atoms with Crippen molar-refractivity contribution in [3.05, 3.63) is 47.2 Å². The molecule has 0 bridgehead atoms. The number of benzene rings is 1. The van der Waals surface area contributed by atoms with Crippen molar-refractivity contribution in [3.8, 4) is 10.6 Å². The van der Waals surface area contributed by atoms with Gasteiger partial charge in [0.2, 0.25) is 11.8 Å². The third kappa shape index (κ3) is 5.92. The molecule has 3 rings (SSSR count). The van der Waals surface area contributed by atoms with Crippen molar-refractivity contribution >= 4 is 57.1 Å². The first-order valence-electron chi connectivity index (χ1n) is 8.46. The number of thiophene rings is 1. The molecule has 1 aromatic carbocycles. The third-order valence-corrected chi connectivity index (χ3v) is 6.13. The first-order chi connectivity index (χ1) is 13.1. The summed E-state index contributed by atoms with van der Waals surface area (Å²) in [6, 6.07) is 11.5. The second kappa shape index (κ2) is 9.68. The molecule has 0 atom stereocenters. The van der Waals surface area contributed by atoms with Crippen LogP contribution in [0.15, 0.2) is 52.1 Å². The molecule has 8 heteroatoms. The summed E-state index contributed by atoms with van der Waals surface area (Å²) in [4.78, 5) is 30.4. The van der Waals surface area contributed by atoms with E-state index >= 15 is 0 Å². The maximum absolute atomic E-state index is 12.2. The lowest BCUT2D eigenvalue weighted by Crippen LogP contribution is -2.14. The minimum atomic E-state index is -0.104. The highest BCUT2D eigenvalue weighted by Crippen LogP contribution is 2.28. The van der Waals surface area contributed by atoms with Crippen molar-refractivity contribution in [1.82, 2.24) is 4.98 Å². The van der Waals surface area contributed by atoms with Crippen LogP contribution in [-0.4, -0.2) is 22.6 Å². The molecule has 2 amide bonds. The molecule has 0 unspecified atom stereocenters. The van der Waals surface area contributed by atoms with Gasteiger partial charge in [0.1, 0.15) is 0 Å². The van der Waals surface area contributed by atoms with Gasteiger partial charge in [-0.15, -0.1) is 34.4 Å². The number of aromatic nitrogens is 1. The smallest absolute Gasteiger partial charge is 0.236 e. The molecule has 5 nitrogen and oxygen atoms in total. The Kier molecular flexibility index (Phi) is 7.03.